The molecule has 1 aliphatic heterocycles. The maximum Gasteiger partial charge on any atom is 0.0999 e. The van der Waals surface area contributed by atoms with E-state index in [0.29, 0.717) is 0 Å². The topological polar surface area (TPSA) is 12.5 Å². The molecule has 0 unspecified atom stereocenters. The molecule has 0 saturated carbocycles. The van der Waals surface area contributed by atoms with E-state index in [-0.39, 0.29) is 8.80 Å². The van der Waals surface area contributed by atoms with Crippen molar-refractivity contribution in [2.45, 2.75) is 32.4 Å². The standard InChI is InChI=1S/C11H22NOSi/c1-14(2)11-10-13-9-8-12-6-4-3-5-7-12/h10-11H,3-9H2,1-2H3. The molecule has 3 heteroatoms. The van der Waals surface area contributed by atoms with Gasteiger partial charge in [-0.15, -0.1) is 0 Å². The maximum atomic E-state index is 5.45. The first-order chi connectivity index (χ1) is 6.79. The second-order valence-corrected chi connectivity index (χ2v) is 6.64. The zero-order valence-electron chi connectivity index (χ0n) is 9.46. The van der Waals surface area contributed by atoms with Gasteiger partial charge in [0.05, 0.1) is 21.7 Å². The van der Waals surface area contributed by atoms with Crippen molar-refractivity contribution in [2.24, 2.45) is 0 Å². The van der Waals surface area contributed by atoms with E-state index in [4.69, 9.17) is 4.74 Å². The van der Waals surface area contributed by atoms with Gasteiger partial charge in [0.15, 0.2) is 0 Å². The summed E-state index contributed by atoms with van der Waals surface area (Å²) in [6, 6.07) is 0. The van der Waals surface area contributed by atoms with Crippen molar-refractivity contribution in [3.63, 3.8) is 0 Å². The van der Waals surface area contributed by atoms with E-state index in [1.807, 2.05) is 6.26 Å². The SMILES string of the molecule is C[Si](C)C=COCCN1CCCCC1. The largest absolute Gasteiger partial charge is 0.501 e. The highest BCUT2D eigenvalue weighted by atomic mass is 28.3. The van der Waals surface area contributed by atoms with Crippen LogP contribution in [0.1, 0.15) is 19.3 Å². The Balaban J connectivity index is 1.97. The van der Waals surface area contributed by atoms with Gasteiger partial charge in [0.25, 0.3) is 0 Å². The van der Waals surface area contributed by atoms with Crippen molar-refractivity contribution in [2.75, 3.05) is 26.2 Å². The van der Waals surface area contributed by atoms with E-state index < -0.39 is 0 Å². The zero-order chi connectivity index (χ0) is 10.2. The molecule has 1 heterocycles. The molecule has 0 bridgehead atoms. The number of nitrogens with zero attached hydrogens (tertiary/aromatic N) is 1. The van der Waals surface area contributed by atoms with Crippen LogP contribution in [0.25, 0.3) is 0 Å². The van der Waals surface area contributed by atoms with Crippen molar-refractivity contribution < 1.29 is 4.74 Å². The van der Waals surface area contributed by atoms with E-state index in [1.165, 1.54) is 32.4 Å². The van der Waals surface area contributed by atoms with Crippen LogP contribution in [0.3, 0.4) is 0 Å². The van der Waals surface area contributed by atoms with Crippen LogP contribution in [0.15, 0.2) is 12.0 Å². The second-order valence-electron chi connectivity index (χ2n) is 4.15. The predicted octanol–water partition coefficient (Wildman–Crippen LogP) is 2.30. The van der Waals surface area contributed by atoms with Crippen LogP contribution in [0.5, 0.6) is 0 Å². The lowest BCUT2D eigenvalue weighted by Crippen LogP contribution is -2.32. The van der Waals surface area contributed by atoms with Crippen molar-refractivity contribution in [3.05, 3.63) is 12.0 Å². The van der Waals surface area contributed by atoms with E-state index in [0.717, 1.165) is 13.2 Å². The van der Waals surface area contributed by atoms with Crippen LogP contribution in [0.2, 0.25) is 13.1 Å². The summed E-state index contributed by atoms with van der Waals surface area (Å²) in [5.41, 5.74) is 2.20. The number of piperidine rings is 1. The Labute approximate surface area is 89.5 Å². The fourth-order valence-corrected chi connectivity index (χ4v) is 1.99. The van der Waals surface area contributed by atoms with Gasteiger partial charge in [0.2, 0.25) is 0 Å². The molecule has 1 rings (SSSR count). The molecular weight excluding hydrogens is 190 g/mol. The van der Waals surface area contributed by atoms with Crippen LogP contribution in [-0.2, 0) is 4.74 Å². The van der Waals surface area contributed by atoms with Crippen molar-refractivity contribution in [1.82, 2.24) is 4.90 Å². The molecule has 0 N–H and O–H groups in total. The third-order valence-electron chi connectivity index (χ3n) is 2.47. The Morgan fingerprint density at radius 2 is 1.93 bits per heavy atom. The molecule has 0 aromatic heterocycles. The van der Waals surface area contributed by atoms with E-state index in [1.54, 1.807) is 0 Å². The minimum atomic E-state index is -0.259. The Bertz CT molecular complexity index is 165. The molecule has 0 spiro atoms. The van der Waals surface area contributed by atoms with Gasteiger partial charge in [0, 0.05) is 6.54 Å². The molecule has 0 aromatic carbocycles. The lowest BCUT2D eigenvalue weighted by molar-refractivity contribution is 0.159. The number of rotatable bonds is 5. The first kappa shape index (κ1) is 11.8. The first-order valence-electron chi connectivity index (χ1n) is 5.60. The Morgan fingerprint density at radius 3 is 2.57 bits per heavy atom. The van der Waals surface area contributed by atoms with Gasteiger partial charge < -0.3 is 4.74 Å². The summed E-state index contributed by atoms with van der Waals surface area (Å²) < 4.78 is 5.45. The minimum absolute atomic E-state index is 0.259. The monoisotopic (exact) mass is 212 g/mol. The van der Waals surface area contributed by atoms with Gasteiger partial charge in [-0.2, -0.15) is 0 Å². The number of ether oxygens (including phenoxy) is 1. The lowest BCUT2D eigenvalue weighted by atomic mass is 10.1. The Morgan fingerprint density at radius 1 is 1.21 bits per heavy atom. The molecule has 1 fully saturated rings. The summed E-state index contributed by atoms with van der Waals surface area (Å²) in [4.78, 5) is 2.50. The van der Waals surface area contributed by atoms with Gasteiger partial charge in [-0.3, -0.25) is 4.90 Å². The highest BCUT2D eigenvalue weighted by Crippen LogP contribution is 2.07. The lowest BCUT2D eigenvalue weighted by Gasteiger charge is -2.25. The van der Waals surface area contributed by atoms with Crippen LogP contribution in [0, 0.1) is 0 Å². The van der Waals surface area contributed by atoms with Crippen LogP contribution < -0.4 is 0 Å². The second kappa shape index (κ2) is 7.07. The minimum Gasteiger partial charge on any atom is -0.501 e. The van der Waals surface area contributed by atoms with Crippen molar-refractivity contribution in [1.29, 1.82) is 0 Å². The van der Waals surface area contributed by atoms with Gasteiger partial charge in [0.1, 0.15) is 0 Å². The number of hydrogen-bond acceptors (Lipinski definition) is 2. The quantitative estimate of drug-likeness (QED) is 0.394. The van der Waals surface area contributed by atoms with Crippen LogP contribution in [-0.4, -0.2) is 39.9 Å². The van der Waals surface area contributed by atoms with E-state index >= 15 is 0 Å². The van der Waals surface area contributed by atoms with Crippen LogP contribution >= 0.6 is 0 Å². The third-order valence-corrected chi connectivity index (χ3v) is 3.27. The fraction of sp³-hybridized carbons (Fsp3) is 0.818. The summed E-state index contributed by atoms with van der Waals surface area (Å²) in [7, 11) is -0.259. The molecule has 81 valence electrons. The molecule has 0 aromatic rings. The van der Waals surface area contributed by atoms with E-state index in [9.17, 15) is 0 Å². The molecular formula is C11H22NOSi. The average Bonchev–Trinajstić information content (AvgIpc) is 2.18. The number of likely N-dealkylation sites (tertiary alicyclic amines) is 1. The Kier molecular flexibility index (Phi) is 5.95. The molecule has 1 radical (unpaired) electrons. The Hall–Kier alpha value is -0.283. The van der Waals surface area contributed by atoms with Crippen molar-refractivity contribution in [3.8, 4) is 0 Å². The summed E-state index contributed by atoms with van der Waals surface area (Å²) in [6.45, 7) is 9.00. The third kappa shape index (κ3) is 5.45. The molecule has 0 amide bonds. The van der Waals surface area contributed by atoms with Gasteiger partial charge >= 0.3 is 0 Å². The fourth-order valence-electron chi connectivity index (χ4n) is 1.62. The summed E-state index contributed by atoms with van der Waals surface area (Å²) in [5, 5.41) is 0. The molecule has 0 aliphatic carbocycles. The predicted molar refractivity (Wildman–Crippen MR) is 62.9 cm³/mol. The summed E-state index contributed by atoms with van der Waals surface area (Å²) in [6.07, 6.45) is 6.03. The summed E-state index contributed by atoms with van der Waals surface area (Å²) >= 11 is 0. The van der Waals surface area contributed by atoms with Gasteiger partial charge in [-0.25, -0.2) is 0 Å². The molecule has 2 nitrogen and oxygen atoms in total. The summed E-state index contributed by atoms with van der Waals surface area (Å²) in [5.74, 6) is 0. The van der Waals surface area contributed by atoms with Gasteiger partial charge in [-0.1, -0.05) is 25.2 Å². The molecule has 1 aliphatic rings. The molecule has 1 saturated heterocycles. The van der Waals surface area contributed by atoms with Gasteiger partial charge in [-0.05, 0) is 25.9 Å². The van der Waals surface area contributed by atoms with Crippen LogP contribution in [0.4, 0.5) is 0 Å². The smallest absolute Gasteiger partial charge is 0.0999 e. The zero-order valence-corrected chi connectivity index (χ0v) is 10.5. The first-order valence-corrected chi connectivity index (χ1v) is 8.17. The van der Waals surface area contributed by atoms with Crippen molar-refractivity contribution >= 4 is 8.80 Å². The van der Waals surface area contributed by atoms with E-state index in [2.05, 4.69) is 23.7 Å². The maximum absolute atomic E-state index is 5.45. The normalized spacial score (nSPS) is 19.4. The molecule has 0 atom stereocenters. The highest BCUT2D eigenvalue weighted by Gasteiger charge is 2.08. The average molecular weight is 212 g/mol. The molecule has 14 heavy (non-hydrogen) atoms. The highest BCUT2D eigenvalue weighted by molar-refractivity contribution is 6.61. The number of hydrogen-bond donors (Lipinski definition) is 0.